The van der Waals surface area contributed by atoms with Crippen LogP contribution in [-0.4, -0.2) is 119 Å². The number of fused-ring (bicyclic) bond motifs is 1. The van der Waals surface area contributed by atoms with Crippen LogP contribution in [0, 0.1) is 0 Å². The van der Waals surface area contributed by atoms with Crippen LogP contribution < -0.4 is 19.1 Å². The molecule has 8 rings (SSSR count). The molecule has 0 amide bonds. The lowest BCUT2D eigenvalue weighted by atomic mass is 9.87. The molecule has 0 unspecified atom stereocenters. The first-order valence-electron chi connectivity index (χ1n) is 21.1. The number of piperidine rings is 1. The summed E-state index contributed by atoms with van der Waals surface area (Å²) >= 11 is 8.32. The highest BCUT2D eigenvalue weighted by molar-refractivity contribution is 7.13. The lowest BCUT2D eigenvalue weighted by Gasteiger charge is -2.32. The summed E-state index contributed by atoms with van der Waals surface area (Å²) in [4.78, 5) is 32.9. The molecule has 0 radical (unpaired) electrons. The summed E-state index contributed by atoms with van der Waals surface area (Å²) in [6.07, 6.45) is 3.16. The normalized spacial score (nSPS) is 17.8. The first-order valence-corrected chi connectivity index (χ1v) is 22.2. The van der Waals surface area contributed by atoms with Gasteiger partial charge in [-0.15, -0.1) is 0 Å². The number of aromatic nitrogens is 4. The molecule has 0 bridgehead atoms. The molecule has 5 heterocycles. The van der Waals surface area contributed by atoms with E-state index in [0.717, 1.165) is 60.8 Å². The van der Waals surface area contributed by atoms with Crippen molar-refractivity contribution in [3.05, 3.63) is 100 Å². The molecule has 0 spiro atoms. The third-order valence-electron chi connectivity index (χ3n) is 11.7. The minimum Gasteiger partial charge on any atom is -0.497 e. The van der Waals surface area contributed by atoms with Gasteiger partial charge in [0, 0.05) is 82.1 Å². The summed E-state index contributed by atoms with van der Waals surface area (Å²) in [6, 6.07) is 16.4. The second-order valence-electron chi connectivity index (χ2n) is 16.0. The number of halogens is 3. The molecule has 5 aromatic rings. The monoisotopic (exact) mass is 901 g/mol. The Hall–Kier alpha value is -5.42. The van der Waals surface area contributed by atoms with Crippen LogP contribution in [0.5, 0.6) is 17.4 Å². The number of hydrogen-bond donors (Lipinski definition) is 1. The molecule has 3 aromatic heterocycles. The largest absolute Gasteiger partial charge is 0.497 e. The van der Waals surface area contributed by atoms with Gasteiger partial charge in [0.05, 0.1) is 40.2 Å². The zero-order valence-corrected chi connectivity index (χ0v) is 37.1. The Kier molecular flexibility index (Phi) is 13.7. The van der Waals surface area contributed by atoms with Gasteiger partial charge >= 0.3 is 5.97 Å². The van der Waals surface area contributed by atoms with E-state index < -0.39 is 24.5 Å². The molecule has 2 aliphatic heterocycles. The maximum atomic E-state index is 14.2. The average molecular weight is 902 g/mol. The minimum atomic E-state index is -2.81. The van der Waals surface area contributed by atoms with Crippen LogP contribution in [0.4, 0.5) is 14.7 Å². The highest BCUT2D eigenvalue weighted by atomic mass is 35.5. The standard InChI is InChI=1S/C46H50ClF2N7O6S/c1-29-34(12-13-36(41(29)47)60-23-22-55-20-18-54(2)19-21-55)39-40-38(26-51-42(39)31-9-6-10-33(24-31)59-3)63-53-43(40)62-37(44(57)58)25-30-8-4-5-11-35(30)61-27-32-14-16-50-45(52-32)56-17-7-15-46(48,49)28-56/h4-6,8-11,14,16,24,26,37H,7,12-13,15,17-23,25,27-28H2,1-3H3,(H,57,58)/t37-/m1/s1. The fraction of sp³-hybridized carbons (Fsp3) is 0.413. The molecule has 1 atom stereocenters. The van der Waals surface area contributed by atoms with Crippen molar-refractivity contribution in [1.82, 2.24) is 29.1 Å². The van der Waals surface area contributed by atoms with Gasteiger partial charge in [-0.25, -0.2) is 23.5 Å². The number of ether oxygens (including phenoxy) is 4. The molecule has 1 aliphatic carbocycles. The van der Waals surface area contributed by atoms with Gasteiger partial charge in [-0.05, 0) is 79.3 Å². The van der Waals surface area contributed by atoms with E-state index in [1.54, 1.807) is 43.6 Å². The zero-order chi connectivity index (χ0) is 44.1. The molecule has 2 saturated heterocycles. The maximum Gasteiger partial charge on any atom is 0.345 e. The third kappa shape index (κ3) is 10.4. The van der Waals surface area contributed by atoms with Gasteiger partial charge in [-0.1, -0.05) is 41.9 Å². The van der Waals surface area contributed by atoms with E-state index >= 15 is 0 Å². The number of carbonyl (C=O) groups is 1. The Morgan fingerprint density at radius 2 is 1.86 bits per heavy atom. The van der Waals surface area contributed by atoms with Crippen molar-refractivity contribution in [1.29, 1.82) is 0 Å². The molecule has 13 nitrogen and oxygen atoms in total. The van der Waals surface area contributed by atoms with Crippen molar-refractivity contribution in [3.8, 4) is 28.6 Å². The third-order valence-corrected chi connectivity index (χ3v) is 13.0. The van der Waals surface area contributed by atoms with Gasteiger partial charge in [-0.2, -0.15) is 4.37 Å². The number of likely N-dealkylation sites (N-methyl/N-ethyl adjacent to an activating group) is 1. The molecule has 2 aromatic carbocycles. The summed E-state index contributed by atoms with van der Waals surface area (Å²) in [7, 11) is 3.75. The predicted octanol–water partition coefficient (Wildman–Crippen LogP) is 8.33. The number of carboxylic acid groups (broad SMARTS) is 1. The highest BCUT2D eigenvalue weighted by Crippen LogP contribution is 2.47. The van der Waals surface area contributed by atoms with E-state index in [2.05, 4.69) is 31.2 Å². The molecule has 2 fully saturated rings. The van der Waals surface area contributed by atoms with E-state index in [0.29, 0.717) is 76.0 Å². The Bertz CT molecular complexity index is 2510. The van der Waals surface area contributed by atoms with Crippen LogP contribution in [0.15, 0.2) is 83.4 Å². The number of para-hydroxylation sites is 1. The van der Waals surface area contributed by atoms with Gasteiger partial charge in [0.15, 0.2) is 0 Å². The Labute approximate surface area is 374 Å². The number of rotatable bonds is 16. The van der Waals surface area contributed by atoms with Gasteiger partial charge in [0.1, 0.15) is 30.5 Å². The molecule has 1 N–H and O–H groups in total. The van der Waals surface area contributed by atoms with E-state index in [-0.39, 0.29) is 31.3 Å². The second kappa shape index (κ2) is 19.5. The molecular weight excluding hydrogens is 852 g/mol. The van der Waals surface area contributed by atoms with Gasteiger partial charge in [0.25, 0.3) is 5.92 Å². The van der Waals surface area contributed by atoms with Crippen molar-refractivity contribution in [2.24, 2.45) is 0 Å². The molecule has 63 heavy (non-hydrogen) atoms. The number of nitrogens with zero attached hydrogens (tertiary/aromatic N) is 7. The second-order valence-corrected chi connectivity index (χ2v) is 17.2. The van der Waals surface area contributed by atoms with Gasteiger partial charge in [-0.3, -0.25) is 9.88 Å². The average Bonchev–Trinajstić information content (AvgIpc) is 3.70. The maximum absolute atomic E-state index is 14.2. The number of piperazine rings is 1. The lowest BCUT2D eigenvalue weighted by Crippen LogP contribution is -2.45. The molecule has 17 heteroatoms. The van der Waals surface area contributed by atoms with Crippen molar-refractivity contribution < 1.29 is 37.6 Å². The van der Waals surface area contributed by atoms with Gasteiger partial charge in [0.2, 0.25) is 17.9 Å². The van der Waals surface area contributed by atoms with Crippen LogP contribution in [0.2, 0.25) is 0 Å². The van der Waals surface area contributed by atoms with Crippen LogP contribution in [0.25, 0.3) is 26.9 Å². The van der Waals surface area contributed by atoms with E-state index in [1.807, 2.05) is 31.2 Å². The van der Waals surface area contributed by atoms with Crippen molar-refractivity contribution in [3.63, 3.8) is 0 Å². The SMILES string of the molecule is COc1cccc(-c2ncc3snc(O[C@H](Cc4ccccc4OCc4ccnc(N5CCCC(F)(F)C5)n4)C(=O)O)c3c2C2=C(C)C(Cl)=C(OCCN3CCN(C)CC3)CC2)c1. The number of aliphatic carboxylic acids is 1. The number of carboxylic acids is 1. The van der Waals surface area contributed by atoms with Crippen molar-refractivity contribution in [2.75, 3.05) is 71.5 Å². The topological polar surface area (TPSA) is 136 Å². The molecule has 0 saturated carbocycles. The van der Waals surface area contributed by atoms with Crippen LogP contribution in [-0.2, 0) is 22.6 Å². The number of alkyl halides is 2. The van der Waals surface area contributed by atoms with Gasteiger partial charge < -0.3 is 33.9 Å². The summed E-state index contributed by atoms with van der Waals surface area (Å²) < 4.78 is 58.2. The van der Waals surface area contributed by atoms with Crippen LogP contribution >= 0.6 is 23.1 Å². The number of anilines is 1. The predicted molar refractivity (Wildman–Crippen MR) is 239 cm³/mol. The van der Waals surface area contributed by atoms with Crippen molar-refractivity contribution >= 4 is 50.7 Å². The number of pyridine rings is 1. The van der Waals surface area contributed by atoms with Crippen molar-refractivity contribution in [2.45, 2.75) is 57.7 Å². The molecule has 3 aliphatic rings. The molecular formula is C46H50ClF2N7O6S. The Balaban J connectivity index is 1.07. The highest BCUT2D eigenvalue weighted by Gasteiger charge is 2.36. The Morgan fingerprint density at radius 1 is 1.03 bits per heavy atom. The zero-order valence-electron chi connectivity index (χ0n) is 35.5. The fourth-order valence-electron chi connectivity index (χ4n) is 8.20. The fourth-order valence-corrected chi connectivity index (χ4v) is 9.16. The number of allylic oxidation sites excluding steroid dienone is 4. The first-order chi connectivity index (χ1) is 30.5. The number of hydrogen-bond acceptors (Lipinski definition) is 13. The first kappa shape index (κ1) is 44.2. The van der Waals surface area contributed by atoms with E-state index in [9.17, 15) is 18.7 Å². The minimum absolute atomic E-state index is 0.00395. The summed E-state index contributed by atoms with van der Waals surface area (Å²) in [5.74, 6) is -1.80. The lowest BCUT2D eigenvalue weighted by molar-refractivity contribution is -0.145. The Morgan fingerprint density at radius 3 is 2.65 bits per heavy atom. The van der Waals surface area contributed by atoms with E-state index in [1.165, 1.54) is 22.6 Å². The number of benzene rings is 2. The quantitative estimate of drug-likeness (QED) is 0.102. The molecule has 332 valence electrons. The smallest absolute Gasteiger partial charge is 0.345 e. The number of methoxy groups -OCH3 is 1. The van der Waals surface area contributed by atoms with Crippen LogP contribution in [0.3, 0.4) is 0 Å². The van der Waals surface area contributed by atoms with Crippen LogP contribution in [0.1, 0.15) is 49.4 Å². The van der Waals surface area contributed by atoms with E-state index in [4.69, 9.17) is 35.5 Å². The summed E-state index contributed by atoms with van der Waals surface area (Å²) in [6.45, 7) is 7.38. The summed E-state index contributed by atoms with van der Waals surface area (Å²) in [5, 5.41) is 11.8. The summed E-state index contributed by atoms with van der Waals surface area (Å²) in [5.41, 5.74) is 5.03.